The molecule has 4 rings (SSSR count). The molecule has 2 aliphatic heterocycles. The van der Waals surface area contributed by atoms with Gasteiger partial charge in [-0.3, -0.25) is 14.5 Å². The molecule has 1 aromatic heterocycles. The van der Waals surface area contributed by atoms with E-state index in [4.69, 9.17) is 27.9 Å². The molecule has 1 N–H and O–H groups in total. The van der Waals surface area contributed by atoms with E-state index in [0.29, 0.717) is 64.8 Å². The number of ether oxygens (including phenoxy) is 1. The van der Waals surface area contributed by atoms with Crippen LogP contribution in [-0.2, 0) is 17.7 Å². The van der Waals surface area contributed by atoms with E-state index in [2.05, 4.69) is 4.98 Å². The topological polar surface area (TPSA) is 65.6 Å². The molecule has 0 spiro atoms. The van der Waals surface area contributed by atoms with Crippen molar-refractivity contribution in [2.45, 2.75) is 45.4 Å². The Morgan fingerprint density at radius 2 is 2.00 bits per heavy atom. The number of aryl methyl sites for hydroxylation is 2. The summed E-state index contributed by atoms with van der Waals surface area (Å²) in [6, 6.07) is 3.37. The molecular formula is C24H28Cl2FN3O3. The summed E-state index contributed by atoms with van der Waals surface area (Å²) in [6.45, 7) is 5.49. The quantitative estimate of drug-likeness (QED) is 0.651. The Labute approximate surface area is 202 Å². The van der Waals surface area contributed by atoms with Crippen molar-refractivity contribution in [3.8, 4) is 0 Å². The molecule has 2 aromatic rings. The van der Waals surface area contributed by atoms with E-state index in [1.807, 2.05) is 24.8 Å². The highest BCUT2D eigenvalue weighted by molar-refractivity contribution is 6.37. The van der Waals surface area contributed by atoms with Crippen LogP contribution in [0.2, 0.25) is 10.0 Å². The zero-order valence-corrected chi connectivity index (χ0v) is 20.5. The number of amides is 1. The van der Waals surface area contributed by atoms with Crippen LogP contribution in [0.25, 0.3) is 0 Å². The normalized spacial score (nSPS) is 19.8. The number of rotatable bonds is 6. The number of fused-ring (bicyclic) bond motifs is 1. The van der Waals surface area contributed by atoms with Gasteiger partial charge < -0.3 is 14.6 Å². The lowest BCUT2D eigenvalue weighted by Crippen LogP contribution is -2.39. The van der Waals surface area contributed by atoms with Gasteiger partial charge in [0, 0.05) is 43.0 Å². The fourth-order valence-corrected chi connectivity index (χ4v) is 5.58. The fourth-order valence-electron chi connectivity index (χ4n) is 4.90. The van der Waals surface area contributed by atoms with Gasteiger partial charge in [0.15, 0.2) is 0 Å². The fraction of sp³-hybridized carbons (Fsp3) is 0.500. The SMILES string of the molecule is COCC(c1cc(Cl)c2c(c1Cl)C(=O)N(Cc1c(C)cc(C)[nH]c1=O)CC2)N1CC[C@@H](F)C1. The number of hydrogen-bond donors (Lipinski definition) is 1. The summed E-state index contributed by atoms with van der Waals surface area (Å²) < 4.78 is 19.3. The Kier molecular flexibility index (Phi) is 7.15. The Bertz CT molecular complexity index is 1140. The number of benzene rings is 1. The maximum absolute atomic E-state index is 13.9. The van der Waals surface area contributed by atoms with Gasteiger partial charge in [0.2, 0.25) is 0 Å². The summed E-state index contributed by atoms with van der Waals surface area (Å²) in [5.74, 6) is -0.259. The largest absolute Gasteiger partial charge is 0.383 e. The molecule has 6 nitrogen and oxygen atoms in total. The third-order valence-electron chi connectivity index (χ3n) is 6.61. The molecule has 9 heteroatoms. The van der Waals surface area contributed by atoms with Crippen molar-refractivity contribution in [1.82, 2.24) is 14.8 Å². The van der Waals surface area contributed by atoms with Crippen LogP contribution in [0.3, 0.4) is 0 Å². The average molecular weight is 496 g/mol. The molecule has 0 bridgehead atoms. The Morgan fingerprint density at radius 3 is 2.64 bits per heavy atom. The number of alkyl halides is 1. The highest BCUT2D eigenvalue weighted by atomic mass is 35.5. The van der Waals surface area contributed by atoms with Gasteiger partial charge in [-0.1, -0.05) is 23.2 Å². The first-order chi connectivity index (χ1) is 15.7. The maximum atomic E-state index is 13.9. The van der Waals surface area contributed by atoms with Crippen LogP contribution in [0, 0.1) is 13.8 Å². The van der Waals surface area contributed by atoms with Crippen molar-refractivity contribution in [1.29, 1.82) is 0 Å². The summed E-state index contributed by atoms with van der Waals surface area (Å²) >= 11 is 13.5. The zero-order chi connectivity index (χ0) is 23.9. The van der Waals surface area contributed by atoms with E-state index in [1.165, 1.54) is 0 Å². The second kappa shape index (κ2) is 9.74. The predicted octanol–water partition coefficient (Wildman–Crippen LogP) is 4.23. The number of carbonyl (C=O) groups excluding carboxylic acids is 1. The number of methoxy groups -OCH3 is 1. The maximum Gasteiger partial charge on any atom is 0.256 e. The molecule has 2 aliphatic rings. The number of aromatic nitrogens is 1. The van der Waals surface area contributed by atoms with Gasteiger partial charge in [0.1, 0.15) is 6.17 Å². The second-order valence-electron chi connectivity index (χ2n) is 8.89. The van der Waals surface area contributed by atoms with E-state index in [9.17, 15) is 14.0 Å². The number of halogens is 3. The third kappa shape index (κ3) is 4.69. The third-order valence-corrected chi connectivity index (χ3v) is 7.35. The van der Waals surface area contributed by atoms with Gasteiger partial charge in [0.05, 0.1) is 29.8 Å². The van der Waals surface area contributed by atoms with Crippen LogP contribution in [0.1, 0.15) is 50.8 Å². The molecule has 3 heterocycles. The minimum absolute atomic E-state index is 0.190. The first-order valence-electron chi connectivity index (χ1n) is 11.1. The summed E-state index contributed by atoms with van der Waals surface area (Å²) in [5.41, 5.74) is 3.71. The molecule has 178 valence electrons. The lowest BCUT2D eigenvalue weighted by atomic mass is 9.93. The number of aromatic amines is 1. The van der Waals surface area contributed by atoms with Crippen molar-refractivity contribution in [3.05, 3.63) is 66.0 Å². The molecule has 0 radical (unpaired) electrons. The standard InChI is InChI=1S/C24H28Cl2FN3O3/c1-13-8-14(2)28-23(31)18(13)11-30-7-5-16-19(25)9-17(22(26)21(16)24(30)32)20(12-33-3)29-6-4-15(27)10-29/h8-9,15,20H,4-7,10-12H2,1-3H3,(H,28,31)/t15-,20?/m1/s1. The van der Waals surface area contributed by atoms with Gasteiger partial charge in [-0.15, -0.1) is 0 Å². The van der Waals surface area contributed by atoms with E-state index in [1.54, 1.807) is 18.1 Å². The number of pyridine rings is 1. The zero-order valence-electron chi connectivity index (χ0n) is 19.0. The summed E-state index contributed by atoms with van der Waals surface area (Å²) in [5, 5.41) is 0.793. The lowest BCUT2D eigenvalue weighted by molar-refractivity contribution is 0.0724. The molecule has 2 atom stereocenters. The number of likely N-dealkylation sites (tertiary alicyclic amines) is 1. The first kappa shape index (κ1) is 24.2. The van der Waals surface area contributed by atoms with Gasteiger partial charge in [0.25, 0.3) is 11.5 Å². The molecule has 1 aromatic carbocycles. The number of nitrogens with zero attached hydrogens (tertiary/aromatic N) is 2. The van der Waals surface area contributed by atoms with Crippen molar-refractivity contribution >= 4 is 29.1 Å². The Balaban J connectivity index is 1.71. The van der Waals surface area contributed by atoms with Crippen LogP contribution < -0.4 is 5.56 Å². The lowest BCUT2D eigenvalue weighted by Gasteiger charge is -2.33. The molecular weight excluding hydrogens is 468 g/mol. The van der Waals surface area contributed by atoms with Crippen LogP contribution >= 0.6 is 23.2 Å². The monoisotopic (exact) mass is 495 g/mol. The van der Waals surface area contributed by atoms with E-state index < -0.39 is 6.17 Å². The van der Waals surface area contributed by atoms with Gasteiger partial charge >= 0.3 is 0 Å². The van der Waals surface area contributed by atoms with Crippen LogP contribution in [0.4, 0.5) is 4.39 Å². The average Bonchev–Trinajstić information content (AvgIpc) is 3.18. The summed E-state index contributed by atoms with van der Waals surface area (Å²) in [6.07, 6.45) is 0.0888. The van der Waals surface area contributed by atoms with Gasteiger partial charge in [-0.05, 0) is 55.5 Å². The predicted molar refractivity (Wildman–Crippen MR) is 127 cm³/mol. The number of hydrogen-bond acceptors (Lipinski definition) is 4. The second-order valence-corrected chi connectivity index (χ2v) is 9.67. The van der Waals surface area contributed by atoms with Gasteiger partial charge in [-0.25, -0.2) is 4.39 Å². The number of carbonyl (C=O) groups is 1. The van der Waals surface area contributed by atoms with Crippen molar-refractivity contribution in [2.24, 2.45) is 0 Å². The molecule has 1 fully saturated rings. The van der Waals surface area contributed by atoms with Crippen LogP contribution in [-0.4, -0.2) is 60.2 Å². The summed E-state index contributed by atoms with van der Waals surface area (Å²) in [4.78, 5) is 32.5. The Hall–Kier alpha value is -1.93. The van der Waals surface area contributed by atoms with Crippen molar-refractivity contribution < 1.29 is 13.9 Å². The molecule has 1 amide bonds. The summed E-state index contributed by atoms with van der Waals surface area (Å²) in [7, 11) is 1.58. The van der Waals surface area contributed by atoms with Gasteiger partial charge in [-0.2, -0.15) is 0 Å². The minimum Gasteiger partial charge on any atom is -0.383 e. The molecule has 0 aliphatic carbocycles. The highest BCUT2D eigenvalue weighted by Crippen LogP contribution is 2.40. The minimum atomic E-state index is -0.899. The van der Waals surface area contributed by atoms with Crippen molar-refractivity contribution in [2.75, 3.05) is 33.4 Å². The Morgan fingerprint density at radius 1 is 1.24 bits per heavy atom. The highest BCUT2D eigenvalue weighted by Gasteiger charge is 2.35. The van der Waals surface area contributed by atoms with E-state index in [-0.39, 0.29) is 30.6 Å². The molecule has 1 unspecified atom stereocenters. The number of nitrogens with one attached hydrogen (secondary N) is 1. The smallest absolute Gasteiger partial charge is 0.256 e. The molecule has 0 saturated carbocycles. The van der Waals surface area contributed by atoms with Crippen LogP contribution in [0.5, 0.6) is 0 Å². The molecule has 33 heavy (non-hydrogen) atoms. The number of H-pyrrole nitrogens is 1. The van der Waals surface area contributed by atoms with E-state index in [0.717, 1.165) is 11.3 Å². The van der Waals surface area contributed by atoms with E-state index >= 15 is 0 Å². The first-order valence-corrected chi connectivity index (χ1v) is 11.8. The van der Waals surface area contributed by atoms with Crippen molar-refractivity contribution in [3.63, 3.8) is 0 Å². The van der Waals surface area contributed by atoms with Crippen LogP contribution in [0.15, 0.2) is 16.9 Å². The molecule has 1 saturated heterocycles.